The Hall–Kier alpha value is -2.89. The van der Waals surface area contributed by atoms with E-state index in [1.165, 1.54) is 0 Å². The Bertz CT molecular complexity index is 760. The van der Waals surface area contributed by atoms with E-state index in [1.54, 1.807) is 14.2 Å². The van der Waals surface area contributed by atoms with Gasteiger partial charge in [0, 0.05) is 25.3 Å². The quantitative estimate of drug-likeness (QED) is 0.541. The fraction of sp³-hybridized carbons (Fsp3) is 0.381. The molecule has 0 aliphatic heterocycles. The van der Waals surface area contributed by atoms with Crippen molar-refractivity contribution < 1.29 is 14.2 Å². The molecule has 0 aromatic heterocycles. The molecule has 0 radical (unpaired) electrons. The summed E-state index contributed by atoms with van der Waals surface area (Å²) < 4.78 is 16.7. The Morgan fingerprint density at radius 1 is 1.11 bits per heavy atom. The van der Waals surface area contributed by atoms with Crippen LogP contribution in [0.3, 0.4) is 0 Å². The van der Waals surface area contributed by atoms with E-state index in [1.807, 2.05) is 63.2 Å². The number of nitrogens with zero attached hydrogens (tertiary/aromatic N) is 1. The smallest absolute Gasteiger partial charge is 0.195 e. The summed E-state index contributed by atoms with van der Waals surface area (Å²) in [4.78, 5) is 4.28. The maximum atomic E-state index is 5.74. The van der Waals surface area contributed by atoms with Crippen LogP contribution in [0.25, 0.3) is 0 Å². The molecule has 0 fully saturated rings. The third kappa shape index (κ3) is 6.40. The number of methoxy groups -OCH3 is 1. The van der Waals surface area contributed by atoms with Gasteiger partial charge in [-0.3, -0.25) is 4.99 Å². The topological polar surface area (TPSA) is 64.1 Å². The first-order valence-electron chi connectivity index (χ1n) is 9.09. The minimum absolute atomic E-state index is 0.150. The van der Waals surface area contributed by atoms with Crippen LogP contribution in [0.1, 0.15) is 26.3 Å². The highest BCUT2D eigenvalue weighted by Gasteiger charge is 2.07. The van der Waals surface area contributed by atoms with Crippen molar-refractivity contribution in [1.29, 1.82) is 0 Å². The van der Waals surface area contributed by atoms with E-state index in [9.17, 15) is 0 Å². The first-order valence-corrected chi connectivity index (χ1v) is 9.09. The Morgan fingerprint density at radius 3 is 2.59 bits per heavy atom. The second-order valence-corrected chi connectivity index (χ2v) is 6.16. The predicted molar refractivity (Wildman–Crippen MR) is 110 cm³/mol. The summed E-state index contributed by atoms with van der Waals surface area (Å²) in [5.74, 6) is 2.92. The van der Waals surface area contributed by atoms with Crippen molar-refractivity contribution in [2.45, 2.75) is 33.4 Å². The van der Waals surface area contributed by atoms with Crippen molar-refractivity contribution in [3.8, 4) is 17.2 Å². The number of ether oxygens (including phenoxy) is 3. The molecule has 0 spiro atoms. The van der Waals surface area contributed by atoms with Gasteiger partial charge in [-0.2, -0.15) is 0 Å². The predicted octanol–water partition coefficient (Wildman–Crippen LogP) is 4.07. The number of hydrogen-bond donors (Lipinski definition) is 2. The van der Waals surface area contributed by atoms with Gasteiger partial charge in [0.25, 0.3) is 0 Å². The van der Waals surface area contributed by atoms with E-state index >= 15 is 0 Å². The maximum absolute atomic E-state index is 5.74. The molecule has 2 rings (SSSR count). The van der Waals surface area contributed by atoms with Gasteiger partial charge in [-0.15, -0.1) is 0 Å². The van der Waals surface area contributed by atoms with Crippen LogP contribution in [-0.2, 0) is 6.54 Å². The van der Waals surface area contributed by atoms with Crippen LogP contribution in [0.5, 0.6) is 17.2 Å². The van der Waals surface area contributed by atoms with Crippen LogP contribution in [0, 0.1) is 0 Å². The van der Waals surface area contributed by atoms with Gasteiger partial charge < -0.3 is 24.8 Å². The molecule has 6 nitrogen and oxygen atoms in total. The molecule has 27 heavy (non-hydrogen) atoms. The molecule has 6 heteroatoms. The Kier molecular flexibility index (Phi) is 7.79. The monoisotopic (exact) mass is 371 g/mol. The van der Waals surface area contributed by atoms with Gasteiger partial charge in [0.2, 0.25) is 0 Å². The van der Waals surface area contributed by atoms with Gasteiger partial charge in [0.1, 0.15) is 5.75 Å². The third-order valence-electron chi connectivity index (χ3n) is 3.68. The van der Waals surface area contributed by atoms with E-state index in [-0.39, 0.29) is 6.10 Å². The average molecular weight is 371 g/mol. The van der Waals surface area contributed by atoms with Crippen molar-refractivity contribution in [1.82, 2.24) is 5.32 Å². The molecule has 2 aromatic rings. The van der Waals surface area contributed by atoms with Crippen LogP contribution in [-0.4, -0.2) is 32.8 Å². The first kappa shape index (κ1) is 20.4. The summed E-state index contributed by atoms with van der Waals surface area (Å²) in [6.45, 7) is 7.17. The molecule has 0 heterocycles. The van der Waals surface area contributed by atoms with Gasteiger partial charge in [-0.25, -0.2) is 0 Å². The molecular weight excluding hydrogens is 342 g/mol. The van der Waals surface area contributed by atoms with Crippen molar-refractivity contribution in [3.05, 3.63) is 48.0 Å². The highest BCUT2D eigenvalue weighted by atomic mass is 16.5. The van der Waals surface area contributed by atoms with Crippen molar-refractivity contribution in [2.75, 3.05) is 26.1 Å². The molecule has 2 N–H and O–H groups in total. The molecule has 0 aliphatic rings. The number of hydrogen-bond acceptors (Lipinski definition) is 4. The zero-order chi connectivity index (χ0) is 19.6. The van der Waals surface area contributed by atoms with Gasteiger partial charge >= 0.3 is 0 Å². The molecule has 0 atom stereocenters. The summed E-state index contributed by atoms with van der Waals surface area (Å²) in [5, 5.41) is 6.57. The van der Waals surface area contributed by atoms with Crippen LogP contribution in [0.15, 0.2) is 47.5 Å². The van der Waals surface area contributed by atoms with E-state index in [2.05, 4.69) is 15.6 Å². The van der Waals surface area contributed by atoms with Gasteiger partial charge in [0.15, 0.2) is 17.5 Å². The summed E-state index contributed by atoms with van der Waals surface area (Å²) in [6.07, 6.45) is 0.150. The standard InChI is InChI=1S/C21H29N3O3/c1-6-26-20-13-17(10-11-19(20)25-5)24-21(22-4)23-14-16-8-7-9-18(12-16)27-15(2)3/h7-13,15H,6,14H2,1-5H3,(H2,22,23,24). The molecule has 0 aliphatic carbocycles. The second-order valence-electron chi connectivity index (χ2n) is 6.16. The Balaban J connectivity index is 2.01. The molecule has 0 saturated carbocycles. The molecule has 2 aromatic carbocycles. The fourth-order valence-corrected chi connectivity index (χ4v) is 2.53. The lowest BCUT2D eigenvalue weighted by Gasteiger charge is -2.15. The first-order chi connectivity index (χ1) is 13.0. The molecule has 0 unspecified atom stereocenters. The fourth-order valence-electron chi connectivity index (χ4n) is 2.53. The van der Waals surface area contributed by atoms with Crippen molar-refractivity contribution >= 4 is 11.6 Å². The summed E-state index contributed by atoms with van der Waals surface area (Å²) in [5.41, 5.74) is 1.98. The summed E-state index contributed by atoms with van der Waals surface area (Å²) in [6, 6.07) is 13.7. The second kappa shape index (κ2) is 10.3. The van der Waals surface area contributed by atoms with Gasteiger partial charge in [0.05, 0.1) is 19.8 Å². The lowest BCUT2D eigenvalue weighted by atomic mass is 10.2. The maximum Gasteiger partial charge on any atom is 0.195 e. The highest BCUT2D eigenvalue weighted by Crippen LogP contribution is 2.30. The zero-order valence-electron chi connectivity index (χ0n) is 16.7. The molecule has 146 valence electrons. The summed E-state index contributed by atoms with van der Waals surface area (Å²) in [7, 11) is 3.36. The molecular formula is C21H29N3O3. The van der Waals surface area contributed by atoms with E-state index in [4.69, 9.17) is 14.2 Å². The number of nitrogens with one attached hydrogen (secondary N) is 2. The van der Waals surface area contributed by atoms with Crippen molar-refractivity contribution in [3.63, 3.8) is 0 Å². The minimum Gasteiger partial charge on any atom is -0.493 e. The number of anilines is 1. The van der Waals surface area contributed by atoms with Crippen LogP contribution in [0.2, 0.25) is 0 Å². The van der Waals surface area contributed by atoms with E-state index in [0.29, 0.717) is 30.6 Å². The summed E-state index contributed by atoms with van der Waals surface area (Å²) >= 11 is 0. The third-order valence-corrected chi connectivity index (χ3v) is 3.68. The Morgan fingerprint density at radius 2 is 1.93 bits per heavy atom. The molecule has 0 amide bonds. The highest BCUT2D eigenvalue weighted by molar-refractivity contribution is 5.93. The molecule has 0 saturated heterocycles. The zero-order valence-corrected chi connectivity index (χ0v) is 16.7. The number of rotatable bonds is 8. The van der Waals surface area contributed by atoms with E-state index < -0.39 is 0 Å². The average Bonchev–Trinajstić information content (AvgIpc) is 2.65. The molecule has 0 bridgehead atoms. The number of guanidine groups is 1. The van der Waals surface area contributed by atoms with Crippen LogP contribution >= 0.6 is 0 Å². The minimum atomic E-state index is 0.150. The van der Waals surface area contributed by atoms with Gasteiger partial charge in [-0.1, -0.05) is 12.1 Å². The lowest BCUT2D eigenvalue weighted by molar-refractivity contribution is 0.242. The van der Waals surface area contributed by atoms with Gasteiger partial charge in [-0.05, 0) is 50.6 Å². The Labute approximate surface area is 161 Å². The lowest BCUT2D eigenvalue weighted by Crippen LogP contribution is -2.30. The normalized spacial score (nSPS) is 11.3. The number of aliphatic imine (C=N–C) groups is 1. The SMILES string of the molecule is CCOc1cc(NC(=NC)NCc2cccc(OC(C)C)c2)ccc1OC. The van der Waals surface area contributed by atoms with Crippen LogP contribution in [0.4, 0.5) is 5.69 Å². The van der Waals surface area contributed by atoms with Crippen LogP contribution < -0.4 is 24.8 Å². The largest absolute Gasteiger partial charge is 0.493 e. The number of benzene rings is 2. The van der Waals surface area contributed by atoms with Crippen molar-refractivity contribution in [2.24, 2.45) is 4.99 Å². The van der Waals surface area contributed by atoms with E-state index in [0.717, 1.165) is 17.0 Å².